The molecule has 0 aliphatic carbocycles. The van der Waals surface area contributed by atoms with Crippen molar-refractivity contribution >= 4 is 39.7 Å². The van der Waals surface area contributed by atoms with E-state index in [0.717, 1.165) is 133 Å². The van der Waals surface area contributed by atoms with Gasteiger partial charge in [0.2, 0.25) is 0 Å². The van der Waals surface area contributed by atoms with Crippen molar-refractivity contribution in [1.29, 1.82) is 0 Å². The number of hydrogen-bond acceptors (Lipinski definition) is 6. The molecule has 0 bridgehead atoms. The molecule has 8 aromatic carbocycles. The van der Waals surface area contributed by atoms with Gasteiger partial charge in [0.15, 0.2) is 5.82 Å². The van der Waals surface area contributed by atoms with Crippen LogP contribution in [-0.4, -0.2) is 31.1 Å². The molecule has 0 atom stereocenters. The molecule has 5 heterocycles. The highest BCUT2D eigenvalue weighted by molar-refractivity contribution is 6.10. The monoisotopic (exact) mass is 984 g/mol. The minimum Gasteiger partial charge on any atom is -0.287 e. The van der Waals surface area contributed by atoms with Gasteiger partial charge in [-0.25, -0.2) is 9.97 Å². The third-order valence-electron chi connectivity index (χ3n) is 14.3. The van der Waals surface area contributed by atoms with Crippen molar-refractivity contribution in [2.75, 3.05) is 0 Å². The van der Waals surface area contributed by atoms with Crippen LogP contribution in [-0.2, 0) is 6.54 Å². The lowest BCUT2D eigenvalue weighted by molar-refractivity contribution is 0.990. The number of pyridine rings is 3. The average Bonchev–Trinajstić information content (AvgIpc) is 3.51. The van der Waals surface area contributed by atoms with Crippen LogP contribution in [0.1, 0.15) is 16.8 Å². The van der Waals surface area contributed by atoms with E-state index in [0.29, 0.717) is 12.4 Å². The summed E-state index contributed by atoms with van der Waals surface area (Å²) >= 11 is 0. The summed E-state index contributed by atoms with van der Waals surface area (Å²) in [7, 11) is 0. The van der Waals surface area contributed by atoms with Gasteiger partial charge in [-0.3, -0.25) is 19.9 Å². The summed E-state index contributed by atoms with van der Waals surface area (Å²) in [5.74, 6) is 0.671. The van der Waals surface area contributed by atoms with E-state index in [9.17, 15) is 0 Å². The number of aliphatic imine (C=N–C) groups is 1. The van der Waals surface area contributed by atoms with Crippen molar-refractivity contribution < 1.29 is 0 Å². The van der Waals surface area contributed by atoms with E-state index >= 15 is 0 Å². The Labute approximate surface area is 447 Å². The van der Waals surface area contributed by atoms with Crippen molar-refractivity contribution in [2.45, 2.75) is 6.54 Å². The molecule has 1 aliphatic heterocycles. The van der Waals surface area contributed by atoms with Gasteiger partial charge < -0.3 is 0 Å². The quantitative estimate of drug-likeness (QED) is 0.135. The van der Waals surface area contributed by atoms with E-state index in [1.165, 1.54) is 0 Å². The summed E-state index contributed by atoms with van der Waals surface area (Å²) < 4.78 is 0. The first-order valence-electron chi connectivity index (χ1n) is 25.8. The zero-order valence-corrected chi connectivity index (χ0v) is 42.0. The molecule has 362 valence electrons. The minimum atomic E-state index is 0.525. The van der Waals surface area contributed by atoms with Gasteiger partial charge in [-0.05, 0) is 145 Å². The van der Waals surface area contributed by atoms with E-state index in [-0.39, 0.29) is 0 Å². The fourth-order valence-electron chi connectivity index (χ4n) is 10.3. The Bertz CT molecular complexity index is 4310. The Morgan fingerprint density at radius 1 is 0.377 bits per heavy atom. The third kappa shape index (κ3) is 9.59. The Morgan fingerprint density at radius 2 is 0.883 bits per heavy atom. The standard InChI is InChI=1S/C71H48N6/c1-47-13-9-35-72-46-68-61(24-10-36-73-68)43-64(47)50-31-27-48(28-32-50)53-16-5-18-55(39-53)57-20-7-22-59(41-57)66-45-67(77-71(76-66)52-14-3-2-4-15-52)60-23-8-21-58(42-60)56-19-6-17-54(40-56)49-29-33-51(34-30-49)65-44-62-25-11-37-74-69(62)70-63(65)26-12-38-75-70/h2-45H,1,46H2/b13-9-,64-43+,72-35-. The van der Waals surface area contributed by atoms with Crippen LogP contribution in [0.3, 0.4) is 0 Å². The van der Waals surface area contributed by atoms with E-state index in [4.69, 9.17) is 15.0 Å². The maximum absolute atomic E-state index is 5.22. The first-order valence-corrected chi connectivity index (χ1v) is 25.8. The molecule has 0 amide bonds. The maximum Gasteiger partial charge on any atom is 0.160 e. The van der Waals surface area contributed by atoms with Gasteiger partial charge in [-0.1, -0.05) is 183 Å². The molecule has 0 unspecified atom stereocenters. The van der Waals surface area contributed by atoms with Gasteiger partial charge in [-0.15, -0.1) is 0 Å². The average molecular weight is 985 g/mol. The summed E-state index contributed by atoms with van der Waals surface area (Å²) in [6, 6.07) is 79.2. The molecule has 77 heavy (non-hydrogen) atoms. The van der Waals surface area contributed by atoms with Gasteiger partial charge in [0.1, 0.15) is 0 Å². The highest BCUT2D eigenvalue weighted by atomic mass is 14.9. The molecule has 0 saturated carbocycles. The Kier molecular flexibility index (Phi) is 12.4. The number of allylic oxidation sites excluding steroid dienone is 4. The highest BCUT2D eigenvalue weighted by Gasteiger charge is 2.16. The number of fused-ring (bicyclic) bond motifs is 4. The molecular weight excluding hydrogens is 937 g/mol. The normalized spacial score (nSPS) is 13.9. The second-order valence-corrected chi connectivity index (χ2v) is 19.2. The molecule has 0 radical (unpaired) electrons. The van der Waals surface area contributed by atoms with E-state index < -0.39 is 0 Å². The topological polar surface area (TPSA) is 76.8 Å². The van der Waals surface area contributed by atoms with Crippen LogP contribution < -0.4 is 0 Å². The van der Waals surface area contributed by atoms with Crippen LogP contribution in [0, 0.1) is 0 Å². The second kappa shape index (κ2) is 20.5. The van der Waals surface area contributed by atoms with Crippen LogP contribution in [0.2, 0.25) is 0 Å². The fourth-order valence-corrected chi connectivity index (χ4v) is 10.3. The van der Waals surface area contributed by atoms with Crippen molar-refractivity contribution in [3.05, 3.63) is 284 Å². The van der Waals surface area contributed by atoms with Gasteiger partial charge in [0, 0.05) is 52.3 Å². The summed E-state index contributed by atoms with van der Waals surface area (Å²) in [5.41, 5.74) is 22.8. The molecule has 12 aromatic rings. The molecule has 1 aliphatic rings. The largest absolute Gasteiger partial charge is 0.287 e. The molecule has 6 nitrogen and oxygen atoms in total. The van der Waals surface area contributed by atoms with E-state index in [1.807, 2.05) is 73.4 Å². The molecule has 0 N–H and O–H groups in total. The highest BCUT2D eigenvalue weighted by Crippen LogP contribution is 2.38. The molecular formula is C71H48N6. The predicted octanol–water partition coefficient (Wildman–Crippen LogP) is 17.5. The van der Waals surface area contributed by atoms with Gasteiger partial charge in [-0.2, -0.15) is 0 Å². The molecule has 0 fully saturated rings. The second-order valence-electron chi connectivity index (χ2n) is 19.2. The Morgan fingerprint density at radius 3 is 1.52 bits per heavy atom. The smallest absolute Gasteiger partial charge is 0.160 e. The molecule has 13 rings (SSSR count). The van der Waals surface area contributed by atoms with Crippen LogP contribution in [0.25, 0.3) is 123 Å². The maximum atomic E-state index is 5.22. The summed E-state index contributed by atoms with van der Waals surface area (Å²) in [5, 5.41) is 2.16. The number of benzene rings is 8. The number of nitrogens with zero attached hydrogens (tertiary/aromatic N) is 6. The lowest BCUT2D eigenvalue weighted by Gasteiger charge is -2.13. The SMILES string of the molecule is C=C1/C=C\C=N/Cc2ncccc2/C=C\1c1ccc(-c2cccc(-c3cccc(-c4cc(-c5cccc(-c6cccc(-c7ccc(-c8cc9cccnc9c9ncccc89)cc7)c6)c5)nc(-c5ccccc5)n4)c3)c2)cc1. The molecule has 4 aromatic heterocycles. The van der Waals surface area contributed by atoms with Crippen LogP contribution in [0.5, 0.6) is 0 Å². The lowest BCUT2D eigenvalue weighted by Crippen LogP contribution is -1.96. The fraction of sp³-hybridized carbons (Fsp3) is 0.0141. The van der Waals surface area contributed by atoms with E-state index in [2.05, 4.69) is 216 Å². The number of rotatable bonds is 9. The minimum absolute atomic E-state index is 0.525. The first-order chi connectivity index (χ1) is 38.0. The van der Waals surface area contributed by atoms with Gasteiger partial charge in [0.25, 0.3) is 0 Å². The zero-order chi connectivity index (χ0) is 51.5. The van der Waals surface area contributed by atoms with Gasteiger partial charge in [0.05, 0.1) is 34.7 Å². The Balaban J connectivity index is 0.794. The number of aromatic nitrogens is 5. The molecule has 0 spiro atoms. The zero-order valence-electron chi connectivity index (χ0n) is 42.0. The van der Waals surface area contributed by atoms with Crippen molar-refractivity contribution in [2.24, 2.45) is 4.99 Å². The van der Waals surface area contributed by atoms with Gasteiger partial charge >= 0.3 is 0 Å². The predicted molar refractivity (Wildman–Crippen MR) is 319 cm³/mol. The third-order valence-corrected chi connectivity index (χ3v) is 14.3. The number of hydrogen-bond donors (Lipinski definition) is 0. The van der Waals surface area contributed by atoms with Crippen LogP contribution >= 0.6 is 0 Å². The van der Waals surface area contributed by atoms with Crippen molar-refractivity contribution in [1.82, 2.24) is 24.9 Å². The molecule has 6 heteroatoms. The van der Waals surface area contributed by atoms with Crippen LogP contribution in [0.15, 0.2) is 272 Å². The van der Waals surface area contributed by atoms with Crippen molar-refractivity contribution in [3.8, 4) is 89.5 Å². The lowest BCUT2D eigenvalue weighted by atomic mass is 9.93. The van der Waals surface area contributed by atoms with Crippen LogP contribution in [0.4, 0.5) is 0 Å². The van der Waals surface area contributed by atoms with Crippen molar-refractivity contribution in [3.63, 3.8) is 0 Å². The summed E-state index contributed by atoms with van der Waals surface area (Å²) in [6.45, 7) is 4.94. The Hall–Kier alpha value is -10.3. The van der Waals surface area contributed by atoms with E-state index in [1.54, 1.807) is 0 Å². The summed E-state index contributed by atoms with van der Waals surface area (Å²) in [4.78, 5) is 28.9. The first kappa shape index (κ1) is 46.5. The molecule has 0 saturated heterocycles. The summed E-state index contributed by atoms with van der Waals surface area (Å²) in [6.07, 6.45) is 13.4.